The molecular formula is C27H27N7O2. The van der Waals surface area contributed by atoms with Crippen LogP contribution in [0, 0.1) is 0 Å². The zero-order valence-electron chi connectivity index (χ0n) is 19.6. The normalized spacial score (nSPS) is 17.3. The number of nitrogens with two attached hydrogens (primary N) is 1. The highest BCUT2D eigenvalue weighted by Crippen LogP contribution is 2.25. The highest BCUT2D eigenvalue weighted by Gasteiger charge is 2.23. The lowest BCUT2D eigenvalue weighted by atomic mass is 9.91. The fourth-order valence-corrected chi connectivity index (χ4v) is 4.47. The minimum Gasteiger partial charge on any atom is -0.366 e. The van der Waals surface area contributed by atoms with Crippen molar-refractivity contribution in [3.8, 4) is 0 Å². The van der Waals surface area contributed by atoms with E-state index in [0.717, 1.165) is 42.3 Å². The number of rotatable bonds is 7. The number of aromatic nitrogens is 3. The Labute approximate surface area is 208 Å². The van der Waals surface area contributed by atoms with Crippen molar-refractivity contribution in [2.24, 2.45) is 5.73 Å². The number of anilines is 3. The van der Waals surface area contributed by atoms with E-state index in [9.17, 15) is 9.59 Å². The van der Waals surface area contributed by atoms with Crippen LogP contribution in [0.1, 0.15) is 46.5 Å². The van der Waals surface area contributed by atoms with Crippen LogP contribution < -0.4 is 21.7 Å². The molecule has 0 bridgehead atoms. The van der Waals surface area contributed by atoms with Gasteiger partial charge in [-0.25, -0.2) is 9.97 Å². The lowest BCUT2D eigenvalue weighted by Gasteiger charge is -2.30. The van der Waals surface area contributed by atoms with Gasteiger partial charge in [0.15, 0.2) is 11.5 Å². The maximum atomic E-state index is 12.4. The Morgan fingerprint density at radius 2 is 1.67 bits per heavy atom. The van der Waals surface area contributed by atoms with Gasteiger partial charge in [0, 0.05) is 34.9 Å². The molecular weight excluding hydrogens is 454 g/mol. The Bertz CT molecular complexity index is 1390. The Kier molecular flexibility index (Phi) is 6.70. The van der Waals surface area contributed by atoms with Crippen LogP contribution in [0.15, 0.2) is 73.1 Å². The third-order valence-electron chi connectivity index (χ3n) is 6.32. The van der Waals surface area contributed by atoms with Crippen molar-refractivity contribution in [3.63, 3.8) is 0 Å². The lowest BCUT2D eigenvalue weighted by Crippen LogP contribution is -2.40. The molecule has 4 aromatic rings. The first kappa shape index (κ1) is 23.2. The summed E-state index contributed by atoms with van der Waals surface area (Å²) in [5, 5.41) is 10.7. The van der Waals surface area contributed by atoms with E-state index in [0.29, 0.717) is 17.2 Å². The Morgan fingerprint density at radius 3 is 2.44 bits per heavy atom. The molecule has 2 aromatic carbocycles. The van der Waals surface area contributed by atoms with Crippen molar-refractivity contribution in [1.82, 2.24) is 20.3 Å². The molecule has 0 unspecified atom stereocenters. The molecule has 5 N–H and O–H groups in total. The molecule has 9 nitrogen and oxygen atoms in total. The minimum absolute atomic E-state index is 0.0416. The van der Waals surface area contributed by atoms with Gasteiger partial charge >= 0.3 is 0 Å². The van der Waals surface area contributed by atoms with Gasteiger partial charge in [-0.3, -0.25) is 14.6 Å². The Hall–Kier alpha value is -4.53. The van der Waals surface area contributed by atoms with Crippen LogP contribution in [-0.2, 0) is 0 Å². The molecule has 2 aromatic heterocycles. The second kappa shape index (κ2) is 10.4. The van der Waals surface area contributed by atoms with Crippen molar-refractivity contribution in [2.45, 2.75) is 37.8 Å². The number of hydrogen-bond acceptors (Lipinski definition) is 7. The lowest BCUT2D eigenvalue weighted by molar-refractivity contribution is 0.0925. The highest BCUT2D eigenvalue weighted by atomic mass is 16.2. The smallest absolute Gasteiger partial charge is 0.271 e. The summed E-state index contributed by atoms with van der Waals surface area (Å²) in [6.07, 6.45) is 6.74. The van der Waals surface area contributed by atoms with Gasteiger partial charge in [-0.1, -0.05) is 24.3 Å². The summed E-state index contributed by atoms with van der Waals surface area (Å²) in [6.45, 7) is 0. The second-order valence-corrected chi connectivity index (χ2v) is 8.88. The summed E-state index contributed by atoms with van der Waals surface area (Å²) in [5.74, 6) is 0.148. The fraction of sp³-hybridized carbons (Fsp3) is 0.222. The third kappa shape index (κ3) is 5.41. The molecule has 9 heteroatoms. The van der Waals surface area contributed by atoms with Crippen LogP contribution in [0.5, 0.6) is 0 Å². The van der Waals surface area contributed by atoms with E-state index in [1.54, 1.807) is 6.20 Å². The number of carbonyl (C=O) groups excluding carboxylic acids is 2. The number of benzene rings is 2. The molecule has 1 aliphatic rings. The van der Waals surface area contributed by atoms with E-state index in [2.05, 4.69) is 30.9 Å². The summed E-state index contributed by atoms with van der Waals surface area (Å²) in [5.41, 5.74) is 7.90. The largest absolute Gasteiger partial charge is 0.366 e. The maximum Gasteiger partial charge on any atom is 0.271 e. The van der Waals surface area contributed by atoms with Crippen LogP contribution in [0.25, 0.3) is 10.9 Å². The number of fused-ring (bicyclic) bond motifs is 1. The molecule has 0 atom stereocenters. The summed E-state index contributed by atoms with van der Waals surface area (Å²) in [4.78, 5) is 37.6. The number of primary amides is 1. The molecule has 5 rings (SSSR count). The Balaban J connectivity index is 1.23. The van der Waals surface area contributed by atoms with E-state index >= 15 is 0 Å². The molecule has 0 spiro atoms. The predicted molar refractivity (Wildman–Crippen MR) is 139 cm³/mol. The van der Waals surface area contributed by atoms with Crippen molar-refractivity contribution in [2.75, 3.05) is 10.6 Å². The molecule has 0 radical (unpaired) electrons. The topological polar surface area (TPSA) is 135 Å². The number of carbonyl (C=O) groups is 2. The van der Waals surface area contributed by atoms with Crippen molar-refractivity contribution >= 4 is 40.0 Å². The molecule has 1 saturated carbocycles. The van der Waals surface area contributed by atoms with Gasteiger partial charge in [-0.15, -0.1) is 0 Å². The van der Waals surface area contributed by atoms with Gasteiger partial charge in [0.05, 0.1) is 11.7 Å². The van der Waals surface area contributed by atoms with Crippen LogP contribution in [0.2, 0.25) is 0 Å². The first-order valence-corrected chi connectivity index (χ1v) is 12.0. The van der Waals surface area contributed by atoms with Crippen molar-refractivity contribution in [1.29, 1.82) is 0 Å². The first-order chi connectivity index (χ1) is 17.5. The van der Waals surface area contributed by atoms with E-state index in [4.69, 9.17) is 5.73 Å². The molecule has 0 saturated heterocycles. The molecule has 0 aliphatic heterocycles. The molecule has 1 fully saturated rings. The minimum atomic E-state index is -0.659. The molecule has 36 heavy (non-hydrogen) atoms. The standard InChI is InChI=1S/C27H27N7O2/c28-25(35)24-26(32-21-12-13-22-18(15-21)7-4-14-29-22)34-23(16-30-24)31-19-8-10-20(11-9-19)33-27(36)17-5-2-1-3-6-17/h1-7,12-16,19-20H,8-11H2,(H2,28,35)(H,33,36)(H2,31,32,34)/t19-,20-. The molecule has 1 aliphatic carbocycles. The molecule has 2 amide bonds. The van der Waals surface area contributed by atoms with Gasteiger partial charge in [0.25, 0.3) is 11.8 Å². The van der Waals surface area contributed by atoms with Crippen LogP contribution in [0.3, 0.4) is 0 Å². The summed E-state index contributed by atoms with van der Waals surface area (Å²) >= 11 is 0. The van der Waals surface area contributed by atoms with Crippen molar-refractivity contribution < 1.29 is 9.59 Å². The average Bonchev–Trinajstić information content (AvgIpc) is 2.90. The number of nitrogens with zero attached hydrogens (tertiary/aromatic N) is 3. The van der Waals surface area contributed by atoms with Crippen molar-refractivity contribution in [3.05, 3.63) is 84.3 Å². The molecule has 2 heterocycles. The van der Waals surface area contributed by atoms with Gasteiger partial charge in [0.2, 0.25) is 0 Å². The van der Waals surface area contributed by atoms with Crippen LogP contribution in [-0.4, -0.2) is 38.8 Å². The average molecular weight is 482 g/mol. The Morgan fingerprint density at radius 1 is 0.889 bits per heavy atom. The third-order valence-corrected chi connectivity index (χ3v) is 6.32. The number of hydrogen-bond donors (Lipinski definition) is 4. The van der Waals surface area contributed by atoms with E-state index in [-0.39, 0.29) is 23.7 Å². The zero-order chi connectivity index (χ0) is 24.9. The quantitative estimate of drug-likeness (QED) is 0.313. The van der Waals surface area contributed by atoms with Gasteiger partial charge in [-0.05, 0) is 62.1 Å². The molecule has 182 valence electrons. The number of pyridine rings is 1. The predicted octanol–water partition coefficient (Wildman–Crippen LogP) is 4.02. The monoisotopic (exact) mass is 481 g/mol. The SMILES string of the molecule is NC(=O)c1ncc(N[C@H]2CC[C@H](NC(=O)c3ccccc3)CC2)nc1Nc1ccc2ncccc2c1. The zero-order valence-corrected chi connectivity index (χ0v) is 19.6. The van der Waals surface area contributed by atoms with Gasteiger partial charge in [0.1, 0.15) is 5.82 Å². The number of nitrogens with one attached hydrogen (secondary N) is 3. The van der Waals surface area contributed by atoms with E-state index < -0.39 is 5.91 Å². The van der Waals surface area contributed by atoms with Crippen LogP contribution >= 0.6 is 0 Å². The van der Waals surface area contributed by atoms with Gasteiger partial charge < -0.3 is 21.7 Å². The summed E-state index contributed by atoms with van der Waals surface area (Å²) in [7, 11) is 0. The maximum absolute atomic E-state index is 12.4. The van der Waals surface area contributed by atoms with E-state index in [1.165, 1.54) is 6.20 Å². The van der Waals surface area contributed by atoms with Gasteiger partial charge in [-0.2, -0.15) is 0 Å². The number of amides is 2. The van der Waals surface area contributed by atoms with Crippen LogP contribution in [0.4, 0.5) is 17.3 Å². The summed E-state index contributed by atoms with van der Waals surface area (Å²) in [6, 6.07) is 19.1. The fourth-order valence-electron chi connectivity index (χ4n) is 4.47. The second-order valence-electron chi connectivity index (χ2n) is 8.88. The summed E-state index contributed by atoms with van der Waals surface area (Å²) < 4.78 is 0. The van der Waals surface area contributed by atoms with E-state index in [1.807, 2.05) is 60.7 Å². The first-order valence-electron chi connectivity index (χ1n) is 12.0. The highest BCUT2D eigenvalue weighted by molar-refractivity contribution is 5.97.